The van der Waals surface area contributed by atoms with E-state index in [-0.39, 0.29) is 70.4 Å². The summed E-state index contributed by atoms with van der Waals surface area (Å²) in [6, 6.07) is -10.9. The zero-order valence-electron chi connectivity index (χ0n) is 76.1. The number of esters is 3. The molecule has 0 saturated carbocycles. The highest BCUT2D eigenvalue weighted by molar-refractivity contribution is 6.05. The Bertz CT molecular complexity index is 3980. The van der Waals surface area contributed by atoms with Crippen LogP contribution < -0.4 is 59.2 Å². The largest absolute Gasteiger partial charge is 0.497 e. The van der Waals surface area contributed by atoms with Crippen molar-refractivity contribution in [2.45, 2.75) is 334 Å². The number of likely N-dealkylation sites (tertiary alicyclic amines) is 1. The van der Waals surface area contributed by atoms with E-state index in [1.54, 1.807) is 65.8 Å². The van der Waals surface area contributed by atoms with E-state index in [2.05, 4.69) is 37.2 Å². The number of unbranched alkanes of at least 4 members (excludes halogenated alkanes) is 4. The number of methoxy groups -OCH3 is 1. The predicted molar refractivity (Wildman–Crippen MR) is 458 cm³/mol. The van der Waals surface area contributed by atoms with E-state index in [1.807, 2.05) is 20.8 Å². The SMILES string of the molecule is CCCCCCCC(O)CC(=O)NC(CCC(N)=O)C(=O)NC(CCC(N)=O)C(=O)NC(CCC(N)=O)C(=O)NC(CCC(=O)O)C(=O)OC(C)C(=O)N1CCCC1C(=O)N(C)C(CC(C)C)C(=O)NC1C(=O)NC(C(C)CC)C(O)CC(=O)OC(C(C)C)C(=O)C(C)C(=O)NC(CC(C)C)C(=O)N2CCCC2C(=O)N(C)C(Cc2ccc(OC)cc2)C(=O)OC1C. The van der Waals surface area contributed by atoms with Gasteiger partial charge in [-0.3, -0.25) is 81.5 Å². The number of likely N-dealkylation sites (N-methyl/N-ethyl adjacent to an activating group) is 2. The number of carboxylic acids is 1. The molecule has 1 aromatic rings. The summed E-state index contributed by atoms with van der Waals surface area (Å²) in [6.07, 6.45) is -8.96. The van der Waals surface area contributed by atoms with E-state index in [4.69, 9.17) is 36.1 Å². The van der Waals surface area contributed by atoms with Gasteiger partial charge in [0.25, 0.3) is 5.91 Å². The molecule has 0 spiro atoms. The second-order valence-corrected chi connectivity index (χ2v) is 34.7. The fraction of sp³-hybridized carbons (Fsp3) is 0.713. The third-order valence-corrected chi connectivity index (χ3v) is 23.0. The lowest BCUT2D eigenvalue weighted by Crippen LogP contribution is -2.62. The minimum atomic E-state index is -1.96. The summed E-state index contributed by atoms with van der Waals surface area (Å²) >= 11 is 0. The van der Waals surface area contributed by atoms with Crippen molar-refractivity contribution >= 4 is 112 Å². The molecule has 18 unspecified atom stereocenters. The van der Waals surface area contributed by atoms with Crippen molar-refractivity contribution < 1.29 is 125 Å². The Hall–Kier alpha value is -10.9. The first-order chi connectivity index (χ1) is 59.7. The number of fused-ring (bicyclic) bond motifs is 1. The Morgan fingerprint density at radius 2 is 1.21 bits per heavy atom. The standard InChI is InChI=1S/C87H138N14O26/c1-16-18-19-20-21-24-54(102)44-69(107)91-56(31-35-66(88)104)77(113)92-57(32-36-67(89)105)78(114)93-58(33-37-68(90)106)79(115)94-59(34-38-70(108)109)86(122)126-52(12)82(118)100-39-22-25-61(100)84(120)98(13)63(42-47(5)6)80(116)97-73-51(11)125-87(123)64(43-53-27-29-55(124-15)30-28-53)99(14)85(121)62-26-23-40-101(62)83(119)60(41-46(3)4)95-76(112)50(10)74(111)75(48(7)8)127-71(110)45-65(103)72(49(9)17-2)96-81(73)117/h27-30,46-52,54,56-65,72-73,75,102-103H,16-26,31-45H2,1-15H3,(H2,88,104)(H2,89,105)(H2,90,106)(H,91,107)(H,92,113)(H,93,114)(H,94,115)(H,95,112)(H,96,117)(H,97,116)(H,108,109). The Kier molecular flexibility index (Phi) is 45.2. The molecule has 0 aromatic heterocycles. The van der Waals surface area contributed by atoms with Crippen LogP contribution in [0.5, 0.6) is 5.75 Å². The summed E-state index contributed by atoms with van der Waals surface area (Å²) in [7, 11) is 4.04. The second kappa shape index (κ2) is 53.0. The number of carboxylic acid groups (broad SMARTS) is 1. The maximum absolute atomic E-state index is 15.5. The van der Waals surface area contributed by atoms with Crippen molar-refractivity contribution in [1.29, 1.82) is 0 Å². The van der Waals surface area contributed by atoms with Crippen LogP contribution in [0, 0.1) is 29.6 Å². The molecule has 3 heterocycles. The van der Waals surface area contributed by atoms with Crippen LogP contribution >= 0.6 is 0 Å². The normalized spacial score (nSPS) is 22.6. The number of nitrogens with two attached hydrogens (primary N) is 3. The quantitative estimate of drug-likeness (QED) is 0.0184. The van der Waals surface area contributed by atoms with Crippen LogP contribution in [0.4, 0.5) is 0 Å². The number of hydrogen-bond donors (Lipinski definition) is 13. The topological polar surface area (TPSA) is 597 Å². The van der Waals surface area contributed by atoms with E-state index < -0.39 is 297 Å². The lowest BCUT2D eigenvalue weighted by Gasteiger charge is -2.36. The third kappa shape index (κ3) is 34.6. The number of hydrogen-bond acceptors (Lipinski definition) is 25. The fourth-order valence-corrected chi connectivity index (χ4v) is 15.4. The van der Waals surface area contributed by atoms with Crippen LogP contribution in [0.3, 0.4) is 0 Å². The summed E-state index contributed by atoms with van der Waals surface area (Å²) in [5, 5.41) is 50.1. The van der Waals surface area contributed by atoms with E-state index in [0.29, 0.717) is 24.2 Å². The number of nitrogens with zero attached hydrogens (tertiary/aromatic N) is 4. The first-order valence-electron chi connectivity index (χ1n) is 44.1. The van der Waals surface area contributed by atoms with Gasteiger partial charge in [-0.2, -0.15) is 0 Å². The first kappa shape index (κ1) is 108. The van der Waals surface area contributed by atoms with Crippen molar-refractivity contribution in [1.82, 2.24) is 56.8 Å². The zero-order valence-corrected chi connectivity index (χ0v) is 76.1. The van der Waals surface area contributed by atoms with Crippen LogP contribution in [0.25, 0.3) is 0 Å². The number of aliphatic hydroxyl groups is 2. The summed E-state index contributed by atoms with van der Waals surface area (Å²) < 4.78 is 23.0. The number of cyclic esters (lactones) is 2. The minimum absolute atomic E-state index is 0.0388. The number of primary amides is 3. The average molecular weight is 1800 g/mol. The van der Waals surface area contributed by atoms with Crippen molar-refractivity contribution in [2.24, 2.45) is 46.8 Å². The van der Waals surface area contributed by atoms with Gasteiger partial charge in [-0.1, -0.05) is 113 Å². The Morgan fingerprint density at radius 3 is 1.74 bits per heavy atom. The van der Waals surface area contributed by atoms with Gasteiger partial charge in [0.2, 0.25) is 76.8 Å². The highest BCUT2D eigenvalue weighted by Crippen LogP contribution is 2.29. The average Bonchev–Trinajstić information content (AvgIpc) is 1.70. The molecule has 40 nitrogen and oxygen atoms in total. The third-order valence-electron chi connectivity index (χ3n) is 23.0. The van der Waals surface area contributed by atoms with Crippen LogP contribution in [0.2, 0.25) is 0 Å². The Balaban J connectivity index is 1.74. The maximum atomic E-state index is 15.5. The molecule has 0 bridgehead atoms. The molecule has 3 fully saturated rings. The predicted octanol–water partition coefficient (Wildman–Crippen LogP) is 0.579. The summed E-state index contributed by atoms with van der Waals surface area (Å²) in [5.74, 6) is -22.5. The molecule has 1 aromatic carbocycles. The monoisotopic (exact) mass is 1790 g/mol. The Morgan fingerprint density at radius 1 is 0.661 bits per heavy atom. The maximum Gasteiger partial charge on any atom is 0.329 e. The molecule has 40 heteroatoms. The van der Waals surface area contributed by atoms with Crippen LogP contribution in [0.1, 0.15) is 236 Å². The number of amides is 14. The molecule has 127 heavy (non-hydrogen) atoms. The van der Waals surface area contributed by atoms with Gasteiger partial charge in [-0.25, -0.2) is 9.59 Å². The van der Waals surface area contributed by atoms with Gasteiger partial charge >= 0.3 is 23.9 Å². The molecule has 3 aliphatic heterocycles. The van der Waals surface area contributed by atoms with Crippen molar-refractivity contribution in [2.75, 3.05) is 34.3 Å². The zero-order chi connectivity index (χ0) is 95.5. The minimum Gasteiger partial charge on any atom is -0.497 e. The number of benzene rings is 1. The number of aliphatic hydroxyl groups excluding tert-OH is 2. The number of carbonyl (C=O) groups excluding carboxylic acids is 18. The van der Waals surface area contributed by atoms with Gasteiger partial charge in [0.15, 0.2) is 18.0 Å². The lowest BCUT2D eigenvalue weighted by atomic mass is 9.91. The first-order valence-corrected chi connectivity index (χ1v) is 44.1. The van der Waals surface area contributed by atoms with Gasteiger partial charge < -0.3 is 108 Å². The van der Waals surface area contributed by atoms with E-state index in [0.717, 1.165) is 47.3 Å². The van der Waals surface area contributed by atoms with Crippen molar-refractivity contribution in [3.05, 3.63) is 29.8 Å². The molecule has 4 rings (SSSR count). The number of rotatable bonds is 44. The van der Waals surface area contributed by atoms with Crippen molar-refractivity contribution in [3.8, 4) is 5.75 Å². The van der Waals surface area contributed by atoms with E-state index in [1.165, 1.54) is 40.0 Å². The van der Waals surface area contributed by atoms with Gasteiger partial charge in [0.05, 0.1) is 44.1 Å². The smallest absolute Gasteiger partial charge is 0.329 e. The number of nitrogens with one attached hydrogen (secondary N) is 7. The molecule has 18 atom stereocenters. The molecule has 712 valence electrons. The molecule has 14 amide bonds. The van der Waals surface area contributed by atoms with Crippen LogP contribution in [-0.4, -0.2) is 279 Å². The molecular formula is C87H138N14O26. The van der Waals surface area contributed by atoms with Crippen LogP contribution in [-0.2, 0) is 112 Å². The number of ether oxygens (including phenoxy) is 4. The Labute approximate surface area is 742 Å². The van der Waals surface area contributed by atoms with Gasteiger partial charge in [0.1, 0.15) is 72.3 Å². The number of ketones is 1. The van der Waals surface area contributed by atoms with Crippen molar-refractivity contribution in [3.63, 3.8) is 0 Å². The number of aliphatic carboxylic acids is 1. The fourth-order valence-electron chi connectivity index (χ4n) is 15.4. The highest BCUT2D eigenvalue weighted by atomic mass is 16.6. The molecule has 3 saturated heterocycles. The van der Waals surface area contributed by atoms with Gasteiger partial charge in [-0.15, -0.1) is 0 Å². The molecule has 0 aliphatic carbocycles. The van der Waals surface area contributed by atoms with E-state index >= 15 is 24.0 Å². The molecule has 0 radical (unpaired) electrons. The van der Waals surface area contributed by atoms with Gasteiger partial charge in [0, 0.05) is 59.3 Å². The summed E-state index contributed by atoms with van der Waals surface area (Å²) in [4.78, 5) is 272. The highest BCUT2D eigenvalue weighted by Gasteiger charge is 2.48. The summed E-state index contributed by atoms with van der Waals surface area (Å²) in [6.45, 7) is 19.2. The van der Waals surface area contributed by atoms with Crippen LogP contribution in [0.15, 0.2) is 24.3 Å². The molecule has 16 N–H and O–H groups in total. The van der Waals surface area contributed by atoms with E-state index in [9.17, 15) is 82.4 Å². The van der Waals surface area contributed by atoms with Gasteiger partial charge in [-0.05, 0) is 133 Å². The summed E-state index contributed by atoms with van der Waals surface area (Å²) in [5.41, 5.74) is 16.8. The molecular weight excluding hydrogens is 1660 g/mol. The molecule has 3 aliphatic rings. The lowest BCUT2D eigenvalue weighted by molar-refractivity contribution is -0.163. The second-order valence-electron chi connectivity index (χ2n) is 34.7. The number of Topliss-reactive ketones (excluding diaryl/α,β-unsaturated/α-hetero) is 1. The number of carbonyl (C=O) groups is 19.